The first-order valence-electron chi connectivity index (χ1n) is 5.08. The van der Waals surface area contributed by atoms with Crippen LogP contribution in [0.5, 0.6) is 11.5 Å². The summed E-state index contributed by atoms with van der Waals surface area (Å²) < 4.78 is 10.3. The Balaban J connectivity index is 2.86. The number of hydrogen-bond acceptors (Lipinski definition) is 3. The van der Waals surface area contributed by atoms with Crippen molar-refractivity contribution in [3.05, 3.63) is 23.8 Å². The normalized spacial score (nSPS) is 11.9. The van der Waals surface area contributed by atoms with Gasteiger partial charge in [-0.2, -0.15) is 0 Å². The van der Waals surface area contributed by atoms with Crippen molar-refractivity contribution in [3.63, 3.8) is 0 Å². The van der Waals surface area contributed by atoms with E-state index in [9.17, 15) is 4.79 Å². The lowest BCUT2D eigenvalue weighted by Gasteiger charge is -2.11. The molecule has 4 heteroatoms. The summed E-state index contributed by atoms with van der Waals surface area (Å²) >= 11 is 0. The third-order valence-corrected chi connectivity index (χ3v) is 2.48. The summed E-state index contributed by atoms with van der Waals surface area (Å²) in [4.78, 5) is 10.9. The molecule has 0 bridgehead atoms. The van der Waals surface area contributed by atoms with Crippen molar-refractivity contribution in [2.45, 2.75) is 13.3 Å². The van der Waals surface area contributed by atoms with Crippen LogP contribution >= 0.6 is 0 Å². The second kappa shape index (κ2) is 5.39. The van der Waals surface area contributed by atoms with Gasteiger partial charge in [-0.1, -0.05) is 13.0 Å². The Kier molecular flexibility index (Phi) is 4.17. The first kappa shape index (κ1) is 12.4. The molecule has 0 fully saturated rings. The minimum atomic E-state index is -0.296. The average molecular weight is 223 g/mol. The quantitative estimate of drug-likeness (QED) is 0.820. The van der Waals surface area contributed by atoms with Crippen LogP contribution < -0.4 is 15.2 Å². The van der Waals surface area contributed by atoms with Crippen LogP contribution in [0.3, 0.4) is 0 Å². The number of rotatable bonds is 5. The van der Waals surface area contributed by atoms with Gasteiger partial charge in [0.2, 0.25) is 5.91 Å². The van der Waals surface area contributed by atoms with E-state index in [0.29, 0.717) is 17.9 Å². The lowest BCUT2D eigenvalue weighted by Crippen LogP contribution is -2.22. The molecule has 16 heavy (non-hydrogen) atoms. The molecule has 0 aliphatic rings. The summed E-state index contributed by atoms with van der Waals surface area (Å²) in [5, 5.41) is 0. The summed E-state index contributed by atoms with van der Waals surface area (Å²) in [6.07, 6.45) is 0.607. The van der Waals surface area contributed by atoms with Gasteiger partial charge in [0.25, 0.3) is 0 Å². The fraction of sp³-hybridized carbons (Fsp3) is 0.417. The van der Waals surface area contributed by atoms with Crippen LogP contribution in [0.25, 0.3) is 0 Å². The van der Waals surface area contributed by atoms with E-state index in [0.717, 1.165) is 5.56 Å². The lowest BCUT2D eigenvalue weighted by atomic mass is 10.0. The van der Waals surface area contributed by atoms with Crippen LogP contribution in [-0.2, 0) is 11.2 Å². The van der Waals surface area contributed by atoms with E-state index in [1.807, 2.05) is 18.2 Å². The molecule has 0 spiro atoms. The van der Waals surface area contributed by atoms with E-state index < -0.39 is 0 Å². The van der Waals surface area contributed by atoms with Crippen molar-refractivity contribution >= 4 is 5.91 Å². The highest BCUT2D eigenvalue weighted by Crippen LogP contribution is 2.28. The van der Waals surface area contributed by atoms with Gasteiger partial charge in [-0.05, 0) is 24.1 Å². The monoisotopic (exact) mass is 223 g/mol. The van der Waals surface area contributed by atoms with Crippen LogP contribution in [-0.4, -0.2) is 20.1 Å². The molecule has 1 aromatic rings. The third kappa shape index (κ3) is 2.89. The predicted molar refractivity (Wildman–Crippen MR) is 61.6 cm³/mol. The van der Waals surface area contributed by atoms with Crippen LogP contribution in [0.2, 0.25) is 0 Å². The second-order valence-electron chi connectivity index (χ2n) is 3.70. The smallest absolute Gasteiger partial charge is 0.220 e. The molecule has 0 radical (unpaired) electrons. The number of primary amides is 1. The molecule has 1 aromatic carbocycles. The first-order chi connectivity index (χ1) is 7.58. The van der Waals surface area contributed by atoms with Gasteiger partial charge in [-0.3, -0.25) is 4.79 Å². The highest BCUT2D eigenvalue weighted by molar-refractivity contribution is 5.76. The molecule has 1 amide bonds. The largest absolute Gasteiger partial charge is 0.493 e. The van der Waals surface area contributed by atoms with E-state index in [2.05, 4.69) is 0 Å². The van der Waals surface area contributed by atoms with E-state index >= 15 is 0 Å². The van der Waals surface area contributed by atoms with Gasteiger partial charge in [0.05, 0.1) is 14.2 Å². The predicted octanol–water partition coefficient (Wildman–Crippen LogP) is 1.37. The molecule has 4 nitrogen and oxygen atoms in total. The number of methoxy groups -OCH3 is 2. The van der Waals surface area contributed by atoms with Crippen molar-refractivity contribution in [2.24, 2.45) is 11.7 Å². The number of nitrogens with two attached hydrogens (primary N) is 1. The van der Waals surface area contributed by atoms with E-state index in [1.165, 1.54) is 0 Å². The molecule has 2 N–H and O–H groups in total. The van der Waals surface area contributed by atoms with Gasteiger partial charge in [-0.25, -0.2) is 0 Å². The van der Waals surface area contributed by atoms with Crippen LogP contribution in [0.15, 0.2) is 18.2 Å². The Morgan fingerprint density at radius 3 is 2.44 bits per heavy atom. The second-order valence-corrected chi connectivity index (χ2v) is 3.70. The van der Waals surface area contributed by atoms with Crippen molar-refractivity contribution < 1.29 is 14.3 Å². The highest BCUT2D eigenvalue weighted by atomic mass is 16.5. The number of carbonyl (C=O) groups excluding carboxylic acids is 1. The van der Waals surface area contributed by atoms with Crippen molar-refractivity contribution in [1.82, 2.24) is 0 Å². The Morgan fingerprint density at radius 2 is 1.94 bits per heavy atom. The number of benzene rings is 1. The van der Waals surface area contributed by atoms with Gasteiger partial charge < -0.3 is 15.2 Å². The number of amides is 1. The van der Waals surface area contributed by atoms with Gasteiger partial charge in [0.15, 0.2) is 11.5 Å². The third-order valence-electron chi connectivity index (χ3n) is 2.48. The van der Waals surface area contributed by atoms with E-state index in [-0.39, 0.29) is 11.8 Å². The summed E-state index contributed by atoms with van der Waals surface area (Å²) in [5.41, 5.74) is 6.22. The molecule has 0 aromatic heterocycles. The van der Waals surface area contributed by atoms with Gasteiger partial charge in [-0.15, -0.1) is 0 Å². The molecule has 1 atom stereocenters. The first-order valence-corrected chi connectivity index (χ1v) is 5.08. The molecule has 1 unspecified atom stereocenters. The fourth-order valence-electron chi connectivity index (χ4n) is 1.46. The zero-order valence-corrected chi connectivity index (χ0v) is 9.82. The summed E-state index contributed by atoms with van der Waals surface area (Å²) in [7, 11) is 3.17. The summed E-state index contributed by atoms with van der Waals surface area (Å²) in [6.45, 7) is 1.80. The van der Waals surface area contributed by atoms with Gasteiger partial charge in [0, 0.05) is 5.92 Å². The Morgan fingerprint density at radius 1 is 1.31 bits per heavy atom. The average Bonchev–Trinajstić information content (AvgIpc) is 2.28. The topological polar surface area (TPSA) is 61.5 Å². The molecule has 88 valence electrons. The number of ether oxygens (including phenoxy) is 2. The molecule has 1 rings (SSSR count). The Labute approximate surface area is 95.3 Å². The van der Waals surface area contributed by atoms with Crippen LogP contribution in [0, 0.1) is 5.92 Å². The minimum Gasteiger partial charge on any atom is -0.493 e. The fourth-order valence-corrected chi connectivity index (χ4v) is 1.46. The molecular weight excluding hydrogens is 206 g/mol. The lowest BCUT2D eigenvalue weighted by molar-refractivity contribution is -0.121. The minimum absolute atomic E-state index is 0.182. The Hall–Kier alpha value is -1.71. The molecule has 0 heterocycles. The van der Waals surface area contributed by atoms with Gasteiger partial charge in [0.1, 0.15) is 0 Å². The SMILES string of the molecule is COc1ccc(CC(C)C(N)=O)cc1OC. The van der Waals surface area contributed by atoms with Crippen LogP contribution in [0.4, 0.5) is 0 Å². The van der Waals surface area contributed by atoms with Crippen LogP contribution in [0.1, 0.15) is 12.5 Å². The molecule has 0 aliphatic heterocycles. The van der Waals surface area contributed by atoms with Crippen molar-refractivity contribution in [2.75, 3.05) is 14.2 Å². The number of carbonyl (C=O) groups is 1. The zero-order valence-electron chi connectivity index (χ0n) is 9.82. The maximum atomic E-state index is 10.9. The molecule has 0 saturated carbocycles. The van der Waals surface area contributed by atoms with Crippen molar-refractivity contribution in [3.8, 4) is 11.5 Å². The van der Waals surface area contributed by atoms with E-state index in [4.69, 9.17) is 15.2 Å². The Bertz CT molecular complexity index is 377. The molecular formula is C12H17NO3. The van der Waals surface area contributed by atoms with Crippen molar-refractivity contribution in [1.29, 1.82) is 0 Å². The maximum absolute atomic E-state index is 10.9. The zero-order chi connectivity index (χ0) is 12.1. The summed E-state index contributed by atoms with van der Waals surface area (Å²) in [5.74, 6) is 0.863. The van der Waals surface area contributed by atoms with E-state index in [1.54, 1.807) is 21.1 Å². The molecule has 0 aliphatic carbocycles. The molecule has 0 saturated heterocycles. The number of hydrogen-bond donors (Lipinski definition) is 1. The highest BCUT2D eigenvalue weighted by Gasteiger charge is 2.11. The van der Waals surface area contributed by atoms with Gasteiger partial charge >= 0.3 is 0 Å². The maximum Gasteiger partial charge on any atom is 0.220 e. The standard InChI is InChI=1S/C12H17NO3/c1-8(12(13)14)6-9-4-5-10(15-2)11(7-9)16-3/h4-5,7-8H,6H2,1-3H3,(H2,13,14). The summed E-state index contributed by atoms with van der Waals surface area (Å²) in [6, 6.07) is 5.58.